The van der Waals surface area contributed by atoms with Crippen molar-refractivity contribution in [2.24, 2.45) is 0 Å². The molecule has 146 valence electrons. The molecule has 8 heteroatoms. The molecule has 3 aromatic rings. The second-order valence-electron chi connectivity index (χ2n) is 6.78. The lowest BCUT2D eigenvalue weighted by molar-refractivity contribution is -0.164. The van der Waals surface area contributed by atoms with Gasteiger partial charge in [-0.2, -0.15) is 0 Å². The summed E-state index contributed by atoms with van der Waals surface area (Å²) in [6.45, 7) is 0.738. The van der Waals surface area contributed by atoms with Crippen LogP contribution in [0, 0.1) is 0 Å². The molecular weight excluding hydrogens is 403 g/mol. The number of alkyl halides is 1. The van der Waals surface area contributed by atoms with E-state index in [4.69, 9.17) is 14.2 Å². The Morgan fingerprint density at radius 1 is 1.11 bits per heavy atom. The van der Waals surface area contributed by atoms with E-state index in [2.05, 4.69) is 0 Å². The van der Waals surface area contributed by atoms with Crippen molar-refractivity contribution in [1.29, 1.82) is 0 Å². The molecule has 0 radical (unpaired) electrons. The Balaban J connectivity index is 1.67. The summed E-state index contributed by atoms with van der Waals surface area (Å²) in [6, 6.07) is 9.33. The van der Waals surface area contributed by atoms with E-state index in [1.807, 2.05) is 29.6 Å². The monoisotopic (exact) mass is 420 g/mol. The lowest BCUT2D eigenvalue weighted by Crippen LogP contribution is -2.26. The first-order chi connectivity index (χ1) is 13.5. The van der Waals surface area contributed by atoms with Gasteiger partial charge in [0, 0.05) is 27.6 Å². The Bertz CT molecular complexity index is 1160. The Morgan fingerprint density at radius 2 is 1.93 bits per heavy atom. The molecule has 2 heterocycles. The SMILES string of the molecule is O=S(=O)(CF)c1ccc(Oc2cccc3sccc23)c2c1C1(CC2)OCCO1. The highest BCUT2D eigenvalue weighted by Crippen LogP contribution is 2.50. The zero-order valence-electron chi connectivity index (χ0n) is 14.8. The minimum Gasteiger partial charge on any atom is -0.456 e. The van der Waals surface area contributed by atoms with Gasteiger partial charge in [-0.3, -0.25) is 0 Å². The van der Waals surface area contributed by atoms with Gasteiger partial charge < -0.3 is 14.2 Å². The fourth-order valence-electron chi connectivity index (χ4n) is 4.02. The van der Waals surface area contributed by atoms with Gasteiger partial charge in [-0.25, -0.2) is 12.8 Å². The lowest BCUT2D eigenvalue weighted by Gasteiger charge is -2.25. The minimum absolute atomic E-state index is 0.0782. The summed E-state index contributed by atoms with van der Waals surface area (Å²) in [5.74, 6) is 0.0967. The Labute approximate surface area is 165 Å². The summed E-state index contributed by atoms with van der Waals surface area (Å²) in [4.78, 5) is -0.0782. The van der Waals surface area contributed by atoms with Crippen molar-refractivity contribution in [2.75, 3.05) is 19.2 Å². The van der Waals surface area contributed by atoms with Gasteiger partial charge in [0.15, 0.2) is 11.8 Å². The van der Waals surface area contributed by atoms with Crippen molar-refractivity contribution >= 4 is 31.3 Å². The summed E-state index contributed by atoms with van der Waals surface area (Å²) in [5, 5.41) is 2.98. The van der Waals surface area contributed by atoms with E-state index in [0.29, 0.717) is 48.7 Å². The second kappa shape index (κ2) is 6.52. The molecule has 28 heavy (non-hydrogen) atoms. The molecule has 1 aromatic heterocycles. The molecule has 0 atom stereocenters. The number of benzene rings is 2. The lowest BCUT2D eigenvalue weighted by atomic mass is 10.1. The van der Waals surface area contributed by atoms with Crippen molar-refractivity contribution < 1.29 is 27.0 Å². The molecule has 2 aromatic carbocycles. The van der Waals surface area contributed by atoms with Crippen molar-refractivity contribution in [1.82, 2.24) is 0 Å². The molecule has 5 rings (SSSR count). The predicted octanol–water partition coefficient (Wildman–Crippen LogP) is 4.54. The molecule has 0 bridgehead atoms. The van der Waals surface area contributed by atoms with Crippen LogP contribution in [0.15, 0.2) is 46.7 Å². The molecule has 1 spiro atoms. The van der Waals surface area contributed by atoms with Crippen LogP contribution >= 0.6 is 11.3 Å². The number of thiophene rings is 1. The van der Waals surface area contributed by atoms with E-state index in [0.717, 1.165) is 10.1 Å². The van der Waals surface area contributed by atoms with Crippen LogP contribution < -0.4 is 4.74 Å². The number of fused-ring (bicyclic) bond motifs is 3. The Kier molecular flexibility index (Phi) is 4.20. The van der Waals surface area contributed by atoms with Crippen LogP contribution in [0.1, 0.15) is 17.5 Å². The number of sulfone groups is 1. The summed E-state index contributed by atoms with van der Waals surface area (Å²) in [6.07, 6.45) is 1.00. The van der Waals surface area contributed by atoms with Crippen LogP contribution in [0.4, 0.5) is 4.39 Å². The molecule has 1 saturated heterocycles. The molecule has 0 unspecified atom stereocenters. The summed E-state index contributed by atoms with van der Waals surface area (Å²) in [5.41, 5.74) is 1.08. The van der Waals surface area contributed by atoms with E-state index in [9.17, 15) is 12.8 Å². The number of hydrogen-bond acceptors (Lipinski definition) is 6. The van der Waals surface area contributed by atoms with Crippen LogP contribution in [-0.4, -0.2) is 27.6 Å². The average Bonchev–Trinajstić information content (AvgIpc) is 3.44. The summed E-state index contributed by atoms with van der Waals surface area (Å²) in [7, 11) is -4.08. The van der Waals surface area contributed by atoms with E-state index in [-0.39, 0.29) is 4.90 Å². The molecule has 0 amide bonds. The molecule has 2 aliphatic rings. The van der Waals surface area contributed by atoms with Gasteiger partial charge >= 0.3 is 0 Å². The third kappa shape index (κ3) is 2.67. The highest BCUT2D eigenvalue weighted by Gasteiger charge is 2.48. The van der Waals surface area contributed by atoms with Gasteiger partial charge in [-0.05, 0) is 42.1 Å². The van der Waals surface area contributed by atoms with Crippen LogP contribution in [0.2, 0.25) is 0 Å². The van der Waals surface area contributed by atoms with Gasteiger partial charge in [-0.1, -0.05) is 6.07 Å². The maximum Gasteiger partial charge on any atom is 0.207 e. The standard InChI is InChI=1S/C20H17FO5S2/c21-12-28(22,23)18-5-4-16(14-6-8-20(19(14)18)24-9-10-25-20)26-15-2-1-3-17-13(15)7-11-27-17/h1-5,7,11H,6,8-10,12H2. The smallest absolute Gasteiger partial charge is 0.207 e. The summed E-state index contributed by atoms with van der Waals surface area (Å²) < 4.78 is 57.0. The van der Waals surface area contributed by atoms with E-state index in [1.165, 1.54) is 6.07 Å². The number of ether oxygens (including phenoxy) is 3. The second-order valence-corrected chi connectivity index (χ2v) is 9.61. The van der Waals surface area contributed by atoms with Gasteiger partial charge in [0.25, 0.3) is 0 Å². The Morgan fingerprint density at radius 3 is 2.71 bits per heavy atom. The highest BCUT2D eigenvalue weighted by molar-refractivity contribution is 7.91. The zero-order chi connectivity index (χ0) is 19.4. The molecule has 5 nitrogen and oxygen atoms in total. The third-order valence-corrected chi connectivity index (χ3v) is 7.40. The zero-order valence-corrected chi connectivity index (χ0v) is 16.4. The van der Waals surface area contributed by atoms with Crippen molar-refractivity contribution in [3.8, 4) is 11.5 Å². The minimum atomic E-state index is -4.08. The first-order valence-electron chi connectivity index (χ1n) is 8.91. The molecule has 1 fully saturated rings. The third-order valence-electron chi connectivity index (χ3n) is 5.22. The number of rotatable bonds is 4. The largest absolute Gasteiger partial charge is 0.456 e. The fourth-order valence-corrected chi connectivity index (χ4v) is 5.80. The van der Waals surface area contributed by atoms with E-state index < -0.39 is 21.6 Å². The topological polar surface area (TPSA) is 61.8 Å². The van der Waals surface area contributed by atoms with Gasteiger partial charge in [0.2, 0.25) is 9.84 Å². The van der Waals surface area contributed by atoms with Crippen LogP contribution in [0.3, 0.4) is 0 Å². The van der Waals surface area contributed by atoms with Crippen molar-refractivity contribution in [2.45, 2.75) is 23.5 Å². The molecule has 1 aliphatic carbocycles. The highest BCUT2D eigenvalue weighted by atomic mass is 32.2. The van der Waals surface area contributed by atoms with Gasteiger partial charge in [0.05, 0.1) is 18.1 Å². The maximum absolute atomic E-state index is 13.3. The van der Waals surface area contributed by atoms with E-state index in [1.54, 1.807) is 17.4 Å². The average molecular weight is 420 g/mol. The maximum atomic E-state index is 13.3. The predicted molar refractivity (Wildman–Crippen MR) is 103 cm³/mol. The van der Waals surface area contributed by atoms with Crippen LogP contribution in [0.25, 0.3) is 10.1 Å². The molecular formula is C20H17FO5S2. The van der Waals surface area contributed by atoms with E-state index >= 15 is 0 Å². The van der Waals surface area contributed by atoms with Crippen LogP contribution in [0.5, 0.6) is 11.5 Å². The molecule has 1 aliphatic heterocycles. The first kappa shape index (κ1) is 18.1. The van der Waals surface area contributed by atoms with Crippen LogP contribution in [-0.2, 0) is 31.5 Å². The normalized spacial score (nSPS) is 18.0. The number of hydrogen-bond donors (Lipinski definition) is 0. The molecule has 0 N–H and O–H groups in total. The quantitative estimate of drug-likeness (QED) is 0.620. The summed E-state index contributed by atoms with van der Waals surface area (Å²) >= 11 is 1.62. The van der Waals surface area contributed by atoms with Gasteiger partial charge in [-0.15, -0.1) is 11.3 Å². The van der Waals surface area contributed by atoms with Crippen molar-refractivity contribution in [3.63, 3.8) is 0 Å². The molecule has 0 saturated carbocycles. The van der Waals surface area contributed by atoms with Gasteiger partial charge in [0.1, 0.15) is 11.5 Å². The fraction of sp³-hybridized carbons (Fsp3) is 0.300. The van der Waals surface area contributed by atoms with Crippen molar-refractivity contribution in [3.05, 3.63) is 52.9 Å². The first-order valence-corrected chi connectivity index (χ1v) is 11.4. The Hall–Kier alpha value is -2.00. The number of halogens is 1.